The van der Waals surface area contributed by atoms with Crippen LogP contribution in [0, 0.1) is 10.1 Å². The Kier molecular flexibility index (Phi) is 8.84. The summed E-state index contributed by atoms with van der Waals surface area (Å²) in [5.41, 5.74) is 5.33. The first-order valence-corrected chi connectivity index (χ1v) is 11.2. The molecule has 0 spiro atoms. The van der Waals surface area contributed by atoms with E-state index in [9.17, 15) is 14.9 Å². The van der Waals surface area contributed by atoms with Crippen molar-refractivity contribution in [3.63, 3.8) is 0 Å². The van der Waals surface area contributed by atoms with Gasteiger partial charge in [0.1, 0.15) is 18.1 Å². The number of nitro groups is 1. The number of benzene rings is 3. The van der Waals surface area contributed by atoms with Crippen molar-refractivity contribution < 1.29 is 19.2 Å². The first-order chi connectivity index (χ1) is 16.0. The van der Waals surface area contributed by atoms with E-state index in [1.165, 1.54) is 23.9 Å². The summed E-state index contributed by atoms with van der Waals surface area (Å²) in [6, 6.07) is 21.2. The number of carbonyl (C=O) groups excluding carboxylic acids is 1. The molecule has 170 valence electrons. The second-order valence-electron chi connectivity index (χ2n) is 6.92. The molecule has 0 aliphatic rings. The van der Waals surface area contributed by atoms with Crippen molar-refractivity contribution in [3.8, 4) is 11.5 Å². The lowest BCUT2D eigenvalue weighted by molar-refractivity contribution is -0.384. The maximum Gasteiger partial charge on any atom is 0.269 e. The van der Waals surface area contributed by atoms with E-state index in [4.69, 9.17) is 9.47 Å². The topological polar surface area (TPSA) is 103 Å². The highest BCUT2D eigenvalue weighted by atomic mass is 32.2. The van der Waals surface area contributed by atoms with E-state index in [-0.39, 0.29) is 11.6 Å². The molecule has 0 aromatic heterocycles. The van der Waals surface area contributed by atoms with Gasteiger partial charge in [-0.3, -0.25) is 14.9 Å². The number of hydrogen-bond donors (Lipinski definition) is 1. The summed E-state index contributed by atoms with van der Waals surface area (Å²) in [5.74, 6) is 2.32. The summed E-state index contributed by atoms with van der Waals surface area (Å²) in [6.07, 6.45) is 1.56. The lowest BCUT2D eigenvalue weighted by atomic mass is 10.2. The molecule has 0 heterocycles. The average Bonchev–Trinajstić information content (AvgIpc) is 2.84. The van der Waals surface area contributed by atoms with Gasteiger partial charge in [0.15, 0.2) is 0 Å². The lowest BCUT2D eigenvalue weighted by Gasteiger charge is -2.06. The van der Waals surface area contributed by atoms with Crippen molar-refractivity contribution in [1.29, 1.82) is 0 Å². The molecule has 0 radical (unpaired) electrons. The van der Waals surface area contributed by atoms with E-state index >= 15 is 0 Å². The smallest absolute Gasteiger partial charge is 0.269 e. The van der Waals surface area contributed by atoms with Crippen LogP contribution in [0.1, 0.15) is 16.7 Å². The minimum atomic E-state index is -0.436. The van der Waals surface area contributed by atoms with E-state index in [1.54, 1.807) is 37.6 Å². The second kappa shape index (κ2) is 12.3. The van der Waals surface area contributed by atoms with Gasteiger partial charge in [-0.15, -0.1) is 11.8 Å². The molecule has 0 aliphatic heterocycles. The third-order valence-corrected chi connectivity index (χ3v) is 5.50. The van der Waals surface area contributed by atoms with Crippen LogP contribution in [0.25, 0.3) is 0 Å². The molecular formula is C24H23N3O5S. The summed E-state index contributed by atoms with van der Waals surface area (Å²) in [4.78, 5) is 22.2. The number of nitrogens with zero attached hydrogens (tertiary/aromatic N) is 2. The zero-order valence-corrected chi connectivity index (χ0v) is 18.8. The van der Waals surface area contributed by atoms with Gasteiger partial charge in [0.05, 0.1) is 24.0 Å². The molecule has 33 heavy (non-hydrogen) atoms. The normalized spacial score (nSPS) is 10.7. The predicted molar refractivity (Wildman–Crippen MR) is 129 cm³/mol. The van der Waals surface area contributed by atoms with Crippen molar-refractivity contribution in [1.82, 2.24) is 5.43 Å². The Morgan fingerprint density at radius 3 is 2.27 bits per heavy atom. The Hall–Kier alpha value is -3.85. The number of amides is 1. The van der Waals surface area contributed by atoms with E-state index in [1.807, 2.05) is 36.4 Å². The van der Waals surface area contributed by atoms with Gasteiger partial charge in [0, 0.05) is 17.9 Å². The van der Waals surface area contributed by atoms with Crippen LogP contribution in [0.2, 0.25) is 0 Å². The molecule has 0 saturated heterocycles. The van der Waals surface area contributed by atoms with Crippen LogP contribution in [-0.4, -0.2) is 29.9 Å². The third-order valence-electron chi connectivity index (χ3n) is 4.50. The van der Waals surface area contributed by atoms with E-state index < -0.39 is 4.92 Å². The Balaban J connectivity index is 1.37. The SMILES string of the molecule is COc1ccc(CSCC(=O)NN=Cc2ccc(OCc3ccc([N+](=O)[O-])cc3)cc2)cc1. The minimum absolute atomic E-state index is 0.0466. The van der Waals surface area contributed by atoms with Crippen LogP contribution in [-0.2, 0) is 17.2 Å². The molecular weight excluding hydrogens is 442 g/mol. The molecule has 3 aromatic carbocycles. The summed E-state index contributed by atoms with van der Waals surface area (Å²) in [6.45, 7) is 0.301. The van der Waals surface area contributed by atoms with Gasteiger partial charge in [0.25, 0.3) is 5.69 Å². The van der Waals surface area contributed by atoms with Crippen molar-refractivity contribution in [2.45, 2.75) is 12.4 Å². The molecule has 1 amide bonds. The summed E-state index contributed by atoms with van der Waals surface area (Å²) >= 11 is 1.51. The highest BCUT2D eigenvalue weighted by Gasteiger charge is 2.04. The molecule has 0 saturated carbocycles. The number of thioether (sulfide) groups is 1. The zero-order valence-electron chi connectivity index (χ0n) is 18.0. The van der Waals surface area contributed by atoms with Crippen LogP contribution < -0.4 is 14.9 Å². The molecule has 1 N–H and O–H groups in total. The van der Waals surface area contributed by atoms with Gasteiger partial charge in [-0.25, -0.2) is 5.43 Å². The van der Waals surface area contributed by atoms with E-state index in [0.29, 0.717) is 18.1 Å². The van der Waals surface area contributed by atoms with Gasteiger partial charge < -0.3 is 9.47 Å². The molecule has 8 nitrogen and oxygen atoms in total. The fourth-order valence-corrected chi connectivity index (χ4v) is 3.51. The van der Waals surface area contributed by atoms with Gasteiger partial charge in [0.2, 0.25) is 5.91 Å². The summed E-state index contributed by atoms with van der Waals surface area (Å²) < 4.78 is 10.8. The highest BCUT2D eigenvalue weighted by Crippen LogP contribution is 2.17. The average molecular weight is 466 g/mol. The van der Waals surface area contributed by atoms with Crippen LogP contribution in [0.15, 0.2) is 77.9 Å². The van der Waals surface area contributed by atoms with E-state index in [0.717, 1.165) is 28.2 Å². The van der Waals surface area contributed by atoms with Crippen molar-refractivity contribution in [3.05, 3.63) is 99.6 Å². The number of nitro benzene ring substituents is 1. The Morgan fingerprint density at radius 2 is 1.64 bits per heavy atom. The molecule has 9 heteroatoms. The number of methoxy groups -OCH3 is 1. The fourth-order valence-electron chi connectivity index (χ4n) is 2.73. The molecule has 3 aromatic rings. The maximum atomic E-state index is 11.9. The minimum Gasteiger partial charge on any atom is -0.497 e. The Bertz CT molecular complexity index is 1080. The molecule has 0 atom stereocenters. The number of non-ortho nitro benzene ring substituents is 1. The van der Waals surface area contributed by atoms with Gasteiger partial charge in [-0.05, 0) is 65.2 Å². The number of hydrogen-bond acceptors (Lipinski definition) is 7. The summed E-state index contributed by atoms with van der Waals surface area (Å²) in [7, 11) is 1.63. The Labute approximate surface area is 195 Å². The van der Waals surface area contributed by atoms with Gasteiger partial charge in [-0.1, -0.05) is 12.1 Å². The van der Waals surface area contributed by atoms with E-state index in [2.05, 4.69) is 10.5 Å². The van der Waals surface area contributed by atoms with Crippen molar-refractivity contribution in [2.24, 2.45) is 5.10 Å². The molecule has 3 rings (SSSR count). The largest absolute Gasteiger partial charge is 0.497 e. The van der Waals surface area contributed by atoms with Crippen LogP contribution in [0.5, 0.6) is 11.5 Å². The van der Waals surface area contributed by atoms with Crippen LogP contribution in [0.3, 0.4) is 0 Å². The quantitative estimate of drug-likeness (QED) is 0.253. The van der Waals surface area contributed by atoms with Crippen molar-refractivity contribution >= 4 is 29.6 Å². The van der Waals surface area contributed by atoms with Crippen LogP contribution in [0.4, 0.5) is 5.69 Å². The predicted octanol–water partition coefficient (Wildman–Crippen LogP) is 4.57. The van der Waals surface area contributed by atoms with Gasteiger partial charge >= 0.3 is 0 Å². The van der Waals surface area contributed by atoms with Gasteiger partial charge in [-0.2, -0.15) is 5.10 Å². The lowest BCUT2D eigenvalue weighted by Crippen LogP contribution is -2.19. The van der Waals surface area contributed by atoms with Crippen LogP contribution >= 0.6 is 11.8 Å². The standard InChI is InChI=1S/C24H23N3O5S/c1-31-22-10-6-20(7-11-22)16-33-17-24(28)26-25-14-18-4-12-23(13-5-18)32-15-19-2-8-21(9-3-19)27(29)30/h2-14H,15-17H2,1H3,(H,26,28). The number of carbonyl (C=O) groups is 1. The maximum absolute atomic E-state index is 11.9. The third kappa shape index (κ3) is 7.97. The number of hydrazone groups is 1. The Morgan fingerprint density at radius 1 is 1.00 bits per heavy atom. The van der Waals surface area contributed by atoms with Crippen molar-refractivity contribution in [2.75, 3.05) is 12.9 Å². The first kappa shape index (κ1) is 23.8. The molecule has 0 bridgehead atoms. The fraction of sp³-hybridized carbons (Fsp3) is 0.167. The number of nitrogens with one attached hydrogen (secondary N) is 1. The first-order valence-electron chi connectivity index (χ1n) is 10.0. The highest BCUT2D eigenvalue weighted by molar-refractivity contribution is 7.99. The second-order valence-corrected chi connectivity index (χ2v) is 7.90. The molecule has 0 aliphatic carbocycles. The molecule has 0 fully saturated rings. The molecule has 0 unspecified atom stereocenters. The number of ether oxygens (including phenoxy) is 2. The summed E-state index contributed by atoms with van der Waals surface area (Å²) in [5, 5.41) is 14.7. The monoisotopic (exact) mass is 465 g/mol. The number of rotatable bonds is 11. The zero-order chi connectivity index (χ0) is 23.5.